The Hall–Kier alpha value is -5.08. The van der Waals surface area contributed by atoms with Crippen molar-refractivity contribution in [3.63, 3.8) is 0 Å². The summed E-state index contributed by atoms with van der Waals surface area (Å²) in [5.41, 5.74) is 14.4. The van der Waals surface area contributed by atoms with E-state index in [0.717, 1.165) is 34.0 Å². The van der Waals surface area contributed by atoms with Gasteiger partial charge in [0.05, 0.1) is 0 Å². The number of nitrogens with one attached hydrogen (secondary N) is 1. The third kappa shape index (κ3) is 3.72. The van der Waals surface area contributed by atoms with Gasteiger partial charge in [-0.3, -0.25) is 0 Å². The Morgan fingerprint density at radius 1 is 0.488 bits per heavy atom. The molecule has 196 valence electrons. The van der Waals surface area contributed by atoms with Crippen molar-refractivity contribution >= 4 is 11.4 Å². The Labute approximate surface area is 240 Å². The summed E-state index contributed by atoms with van der Waals surface area (Å²) in [5, 5.41) is 3.81. The standard InChI is InChI=1S/C39H29NO/c1-39(2)33-21-19-26(25-11-4-3-5-12-25)23-32(33)38-34(39)16-10-17-35(38)40-27-20-22-37-31(24-27)29-14-7-6-13-28(29)30-15-8-9-18-36(30)41-37/h3-24,40H,1-2H3. The fourth-order valence-corrected chi connectivity index (χ4v) is 6.63. The minimum Gasteiger partial charge on any atom is -0.456 e. The minimum absolute atomic E-state index is 0.0795. The topological polar surface area (TPSA) is 21.3 Å². The molecule has 1 N–H and O–H groups in total. The van der Waals surface area contributed by atoms with Crippen LogP contribution in [-0.2, 0) is 5.41 Å². The molecule has 6 aromatic rings. The van der Waals surface area contributed by atoms with E-state index in [2.05, 4.69) is 140 Å². The Morgan fingerprint density at radius 2 is 1.20 bits per heavy atom. The summed E-state index contributed by atoms with van der Waals surface area (Å²) in [6, 6.07) is 47.5. The zero-order valence-electron chi connectivity index (χ0n) is 23.1. The summed E-state index contributed by atoms with van der Waals surface area (Å²) < 4.78 is 6.47. The van der Waals surface area contributed by atoms with Crippen molar-refractivity contribution in [3.8, 4) is 56.0 Å². The number of hydrogen-bond donors (Lipinski definition) is 1. The lowest BCUT2D eigenvalue weighted by molar-refractivity contribution is 0.488. The van der Waals surface area contributed by atoms with Gasteiger partial charge in [-0.2, -0.15) is 0 Å². The molecule has 1 aliphatic carbocycles. The van der Waals surface area contributed by atoms with Crippen molar-refractivity contribution in [2.75, 3.05) is 5.32 Å². The Balaban J connectivity index is 1.25. The van der Waals surface area contributed by atoms with E-state index in [9.17, 15) is 0 Å². The molecule has 0 spiro atoms. The van der Waals surface area contributed by atoms with Crippen molar-refractivity contribution in [2.24, 2.45) is 0 Å². The van der Waals surface area contributed by atoms with Crippen LogP contribution in [0.5, 0.6) is 11.5 Å². The van der Waals surface area contributed by atoms with E-state index >= 15 is 0 Å². The molecular formula is C39H29NO. The predicted octanol–water partition coefficient (Wildman–Crippen LogP) is 10.8. The lowest BCUT2D eigenvalue weighted by Crippen LogP contribution is -2.14. The Bertz CT molecular complexity index is 1970. The van der Waals surface area contributed by atoms with Gasteiger partial charge >= 0.3 is 0 Å². The molecule has 0 atom stereocenters. The van der Waals surface area contributed by atoms with Crippen molar-refractivity contribution in [3.05, 3.63) is 145 Å². The normalized spacial score (nSPS) is 13.5. The summed E-state index contributed by atoms with van der Waals surface area (Å²) >= 11 is 0. The zero-order chi connectivity index (χ0) is 27.6. The molecule has 0 saturated heterocycles. The average molecular weight is 528 g/mol. The highest BCUT2D eigenvalue weighted by Crippen LogP contribution is 2.53. The number of anilines is 2. The first-order valence-electron chi connectivity index (χ1n) is 14.2. The third-order valence-corrected chi connectivity index (χ3v) is 8.68. The van der Waals surface area contributed by atoms with Gasteiger partial charge in [0.1, 0.15) is 11.5 Å². The Kier molecular flexibility index (Phi) is 5.20. The largest absolute Gasteiger partial charge is 0.456 e. The van der Waals surface area contributed by atoms with E-state index in [-0.39, 0.29) is 5.41 Å². The van der Waals surface area contributed by atoms with Crippen LogP contribution in [0, 0.1) is 0 Å². The maximum Gasteiger partial charge on any atom is 0.135 e. The summed E-state index contributed by atoms with van der Waals surface area (Å²) in [6.45, 7) is 4.66. The minimum atomic E-state index is -0.0795. The molecule has 41 heavy (non-hydrogen) atoms. The van der Waals surface area contributed by atoms with Crippen LogP contribution in [0.15, 0.2) is 133 Å². The van der Waals surface area contributed by atoms with E-state index in [0.29, 0.717) is 0 Å². The average Bonchev–Trinajstić information content (AvgIpc) is 3.15. The lowest BCUT2D eigenvalue weighted by atomic mass is 9.82. The van der Waals surface area contributed by atoms with Crippen LogP contribution in [0.3, 0.4) is 0 Å². The number of ether oxygens (including phenoxy) is 1. The van der Waals surface area contributed by atoms with Gasteiger partial charge < -0.3 is 10.1 Å². The second-order valence-electron chi connectivity index (χ2n) is 11.5. The van der Waals surface area contributed by atoms with Gasteiger partial charge in [0.15, 0.2) is 0 Å². The molecular weight excluding hydrogens is 498 g/mol. The highest BCUT2D eigenvalue weighted by Gasteiger charge is 2.37. The smallest absolute Gasteiger partial charge is 0.135 e. The summed E-state index contributed by atoms with van der Waals surface area (Å²) in [5.74, 6) is 1.75. The first kappa shape index (κ1) is 23.8. The van der Waals surface area contributed by atoms with Crippen LogP contribution in [0.25, 0.3) is 44.5 Å². The molecule has 0 radical (unpaired) electrons. The quantitative estimate of drug-likeness (QED) is 0.247. The van der Waals surface area contributed by atoms with Gasteiger partial charge in [-0.25, -0.2) is 0 Å². The van der Waals surface area contributed by atoms with E-state index in [1.165, 1.54) is 44.5 Å². The number of hydrogen-bond acceptors (Lipinski definition) is 2. The number of rotatable bonds is 3. The summed E-state index contributed by atoms with van der Waals surface area (Å²) in [6.07, 6.45) is 0. The van der Waals surface area contributed by atoms with Gasteiger partial charge in [0.25, 0.3) is 0 Å². The Morgan fingerprint density at radius 3 is 2.02 bits per heavy atom. The molecule has 8 rings (SSSR count). The lowest BCUT2D eigenvalue weighted by Gasteiger charge is -2.22. The van der Waals surface area contributed by atoms with Crippen molar-refractivity contribution < 1.29 is 4.74 Å². The first-order valence-corrected chi connectivity index (χ1v) is 14.2. The zero-order valence-corrected chi connectivity index (χ0v) is 23.1. The van der Waals surface area contributed by atoms with Crippen molar-refractivity contribution in [1.29, 1.82) is 0 Å². The molecule has 2 heteroatoms. The first-order chi connectivity index (χ1) is 20.1. The summed E-state index contributed by atoms with van der Waals surface area (Å²) in [7, 11) is 0. The van der Waals surface area contributed by atoms with Gasteiger partial charge in [-0.1, -0.05) is 111 Å². The maximum absolute atomic E-state index is 6.47. The van der Waals surface area contributed by atoms with E-state index in [1.807, 2.05) is 12.1 Å². The van der Waals surface area contributed by atoms with Gasteiger partial charge in [0, 0.05) is 33.5 Å². The molecule has 2 nitrogen and oxygen atoms in total. The van der Waals surface area contributed by atoms with Crippen LogP contribution < -0.4 is 10.1 Å². The maximum atomic E-state index is 6.47. The predicted molar refractivity (Wildman–Crippen MR) is 170 cm³/mol. The van der Waals surface area contributed by atoms with Crippen LogP contribution in [0.4, 0.5) is 11.4 Å². The molecule has 0 amide bonds. The van der Waals surface area contributed by atoms with E-state index in [1.54, 1.807) is 0 Å². The van der Waals surface area contributed by atoms with Crippen LogP contribution in [0.1, 0.15) is 25.0 Å². The molecule has 1 heterocycles. The van der Waals surface area contributed by atoms with Crippen LogP contribution in [-0.4, -0.2) is 0 Å². The van der Waals surface area contributed by atoms with Crippen molar-refractivity contribution in [2.45, 2.75) is 19.3 Å². The fraction of sp³-hybridized carbons (Fsp3) is 0.0769. The van der Waals surface area contributed by atoms with E-state index in [4.69, 9.17) is 4.74 Å². The van der Waals surface area contributed by atoms with Crippen LogP contribution >= 0.6 is 0 Å². The molecule has 0 saturated carbocycles. The molecule has 6 aromatic carbocycles. The fourth-order valence-electron chi connectivity index (χ4n) is 6.63. The van der Waals surface area contributed by atoms with Gasteiger partial charge in [-0.15, -0.1) is 0 Å². The molecule has 0 unspecified atom stereocenters. The van der Waals surface area contributed by atoms with Gasteiger partial charge in [-0.05, 0) is 75.3 Å². The molecule has 2 aliphatic rings. The van der Waals surface area contributed by atoms with Gasteiger partial charge in [0.2, 0.25) is 0 Å². The summed E-state index contributed by atoms with van der Waals surface area (Å²) in [4.78, 5) is 0. The number of para-hydroxylation sites is 1. The van der Waals surface area contributed by atoms with Crippen molar-refractivity contribution in [1.82, 2.24) is 0 Å². The SMILES string of the molecule is CC1(C)c2ccc(-c3ccccc3)cc2-c2c(Nc3ccc4c(c3)-c3ccccc3-c3ccccc3O4)cccc21. The molecule has 0 bridgehead atoms. The third-order valence-electron chi connectivity index (χ3n) is 8.68. The second kappa shape index (κ2) is 8.97. The highest BCUT2D eigenvalue weighted by atomic mass is 16.5. The van der Waals surface area contributed by atoms with E-state index < -0.39 is 0 Å². The molecule has 0 aromatic heterocycles. The number of fused-ring (bicyclic) bond motifs is 8. The second-order valence-corrected chi connectivity index (χ2v) is 11.5. The molecule has 0 fully saturated rings. The number of benzene rings is 6. The van der Waals surface area contributed by atoms with Crippen LogP contribution in [0.2, 0.25) is 0 Å². The molecule has 1 aliphatic heterocycles. The highest BCUT2D eigenvalue weighted by molar-refractivity contribution is 5.95. The monoisotopic (exact) mass is 527 g/mol.